The van der Waals surface area contributed by atoms with Crippen molar-refractivity contribution in [2.75, 3.05) is 26.2 Å². The zero-order valence-corrected chi connectivity index (χ0v) is 11.7. The molecule has 1 aromatic rings. The minimum Gasteiger partial charge on any atom is -0.481 e. The van der Waals surface area contributed by atoms with Crippen molar-refractivity contribution in [1.82, 2.24) is 10.2 Å². The normalized spacial score (nSPS) is 17.1. The van der Waals surface area contributed by atoms with Gasteiger partial charge in [-0.2, -0.15) is 0 Å². The van der Waals surface area contributed by atoms with Crippen molar-refractivity contribution in [1.29, 1.82) is 0 Å². The number of hydrogen-bond donors (Lipinski definition) is 1. The van der Waals surface area contributed by atoms with E-state index in [4.69, 9.17) is 4.74 Å². The first-order valence-corrected chi connectivity index (χ1v) is 6.93. The maximum absolute atomic E-state index is 12.4. The number of aryl methyl sites for hydroxylation is 1. The molecule has 4 nitrogen and oxygen atoms in total. The molecule has 1 unspecified atom stereocenters. The van der Waals surface area contributed by atoms with E-state index in [1.54, 1.807) is 0 Å². The molecule has 0 saturated carbocycles. The van der Waals surface area contributed by atoms with E-state index in [2.05, 4.69) is 5.32 Å². The van der Waals surface area contributed by atoms with E-state index in [1.807, 2.05) is 43.0 Å². The molecule has 19 heavy (non-hydrogen) atoms. The molecule has 0 radical (unpaired) electrons. The lowest BCUT2D eigenvalue weighted by atomic mass is 10.2. The van der Waals surface area contributed by atoms with E-state index in [1.165, 1.54) is 0 Å². The van der Waals surface area contributed by atoms with Crippen molar-refractivity contribution in [2.24, 2.45) is 0 Å². The zero-order chi connectivity index (χ0) is 13.7. The van der Waals surface area contributed by atoms with Crippen molar-refractivity contribution in [3.8, 4) is 5.75 Å². The molecular weight excluding hydrogens is 240 g/mol. The molecule has 1 fully saturated rings. The number of carbonyl (C=O) groups is 1. The molecule has 1 aromatic carbocycles. The highest BCUT2D eigenvalue weighted by atomic mass is 16.5. The summed E-state index contributed by atoms with van der Waals surface area (Å²) in [6.45, 7) is 7.28. The second-order valence-electron chi connectivity index (χ2n) is 4.91. The number of hydrogen-bond acceptors (Lipinski definition) is 3. The van der Waals surface area contributed by atoms with E-state index < -0.39 is 0 Å². The van der Waals surface area contributed by atoms with Crippen molar-refractivity contribution >= 4 is 5.91 Å². The molecule has 0 spiro atoms. The van der Waals surface area contributed by atoms with Crippen LogP contribution >= 0.6 is 0 Å². The summed E-state index contributed by atoms with van der Waals surface area (Å²) in [6.07, 6.45) is 0.316. The highest BCUT2D eigenvalue weighted by molar-refractivity contribution is 5.81. The van der Waals surface area contributed by atoms with Gasteiger partial charge in [-0.3, -0.25) is 4.79 Å². The SMILES string of the molecule is CCC(Oc1cccc(C)c1)C(=O)N1CCNCC1. The molecule has 0 aromatic heterocycles. The molecule has 104 valence electrons. The van der Waals surface area contributed by atoms with Crippen molar-refractivity contribution in [2.45, 2.75) is 26.4 Å². The molecule has 2 rings (SSSR count). The summed E-state index contributed by atoms with van der Waals surface area (Å²) in [5.74, 6) is 0.876. The fraction of sp³-hybridized carbons (Fsp3) is 0.533. The number of nitrogens with zero attached hydrogens (tertiary/aromatic N) is 1. The quantitative estimate of drug-likeness (QED) is 0.896. The number of ether oxygens (including phenoxy) is 1. The van der Waals surface area contributed by atoms with E-state index in [0.717, 1.165) is 37.5 Å². The largest absolute Gasteiger partial charge is 0.481 e. The van der Waals surface area contributed by atoms with Crippen LogP contribution < -0.4 is 10.1 Å². The first-order chi connectivity index (χ1) is 9.20. The summed E-state index contributed by atoms with van der Waals surface area (Å²) in [4.78, 5) is 14.3. The highest BCUT2D eigenvalue weighted by Gasteiger charge is 2.25. The molecular formula is C15H22N2O2. The number of nitrogens with one attached hydrogen (secondary N) is 1. The third-order valence-corrected chi connectivity index (χ3v) is 3.34. The van der Waals surface area contributed by atoms with Gasteiger partial charge in [0.05, 0.1) is 0 Å². The topological polar surface area (TPSA) is 41.6 Å². The molecule has 4 heteroatoms. The monoisotopic (exact) mass is 262 g/mol. The van der Waals surface area contributed by atoms with Gasteiger partial charge in [-0.15, -0.1) is 0 Å². The Morgan fingerprint density at radius 3 is 2.79 bits per heavy atom. The van der Waals surface area contributed by atoms with Crippen molar-refractivity contribution in [3.63, 3.8) is 0 Å². The Morgan fingerprint density at radius 1 is 1.42 bits per heavy atom. The van der Waals surface area contributed by atoms with E-state index in [0.29, 0.717) is 6.42 Å². The minimum atomic E-state index is -0.375. The average molecular weight is 262 g/mol. The van der Waals surface area contributed by atoms with Gasteiger partial charge in [0.15, 0.2) is 6.10 Å². The van der Waals surface area contributed by atoms with Crippen LogP contribution in [0.25, 0.3) is 0 Å². The second kappa shape index (κ2) is 6.57. The highest BCUT2D eigenvalue weighted by Crippen LogP contribution is 2.16. The summed E-state index contributed by atoms with van der Waals surface area (Å²) in [5.41, 5.74) is 1.14. The molecule has 0 aliphatic carbocycles. The lowest BCUT2D eigenvalue weighted by Gasteiger charge is -2.30. The van der Waals surface area contributed by atoms with Gasteiger partial charge in [0.25, 0.3) is 5.91 Å². The summed E-state index contributed by atoms with van der Waals surface area (Å²) in [7, 11) is 0. The van der Waals surface area contributed by atoms with Gasteiger partial charge in [-0.1, -0.05) is 19.1 Å². The molecule has 1 aliphatic heterocycles. The van der Waals surface area contributed by atoms with Crippen LogP contribution in [0, 0.1) is 6.92 Å². The Balaban J connectivity index is 2.00. The van der Waals surface area contributed by atoms with Gasteiger partial charge in [-0.05, 0) is 31.0 Å². The van der Waals surface area contributed by atoms with Crippen LogP contribution in [0.4, 0.5) is 0 Å². The fourth-order valence-corrected chi connectivity index (χ4v) is 2.25. The number of amides is 1. The third-order valence-electron chi connectivity index (χ3n) is 3.34. The van der Waals surface area contributed by atoms with Gasteiger partial charge in [0.1, 0.15) is 5.75 Å². The summed E-state index contributed by atoms with van der Waals surface area (Å²) < 4.78 is 5.85. The zero-order valence-electron chi connectivity index (χ0n) is 11.7. The van der Waals surface area contributed by atoms with Gasteiger partial charge < -0.3 is 15.0 Å². The number of carbonyl (C=O) groups excluding carboxylic acids is 1. The van der Waals surface area contributed by atoms with Crippen LogP contribution in [0.2, 0.25) is 0 Å². The first-order valence-electron chi connectivity index (χ1n) is 6.93. The van der Waals surface area contributed by atoms with E-state index in [9.17, 15) is 4.79 Å². The lowest BCUT2D eigenvalue weighted by molar-refractivity contribution is -0.139. The van der Waals surface area contributed by atoms with Crippen LogP contribution in [-0.2, 0) is 4.79 Å². The predicted octanol–water partition coefficient (Wildman–Crippen LogP) is 1.58. The Labute approximate surface area is 114 Å². The molecule has 1 N–H and O–H groups in total. The number of piperazine rings is 1. The maximum Gasteiger partial charge on any atom is 0.263 e. The Hall–Kier alpha value is -1.55. The molecule has 1 amide bonds. The van der Waals surface area contributed by atoms with Gasteiger partial charge >= 0.3 is 0 Å². The standard InChI is InChI=1S/C15H22N2O2/c1-3-14(15(18)17-9-7-16-8-10-17)19-13-6-4-5-12(2)11-13/h4-6,11,14,16H,3,7-10H2,1-2H3. The van der Waals surface area contributed by atoms with E-state index >= 15 is 0 Å². The third kappa shape index (κ3) is 3.70. The smallest absolute Gasteiger partial charge is 0.263 e. The van der Waals surface area contributed by atoms with Crippen LogP contribution in [-0.4, -0.2) is 43.1 Å². The summed E-state index contributed by atoms with van der Waals surface area (Å²) in [6, 6.07) is 7.84. The molecule has 1 heterocycles. The van der Waals surface area contributed by atoms with E-state index in [-0.39, 0.29) is 12.0 Å². The van der Waals surface area contributed by atoms with Crippen LogP contribution in [0.1, 0.15) is 18.9 Å². The Morgan fingerprint density at radius 2 is 2.16 bits per heavy atom. The first kappa shape index (κ1) is 13.9. The van der Waals surface area contributed by atoms with Crippen molar-refractivity contribution in [3.05, 3.63) is 29.8 Å². The van der Waals surface area contributed by atoms with Crippen LogP contribution in [0.3, 0.4) is 0 Å². The lowest BCUT2D eigenvalue weighted by Crippen LogP contribution is -2.50. The average Bonchev–Trinajstić information content (AvgIpc) is 2.45. The number of benzene rings is 1. The molecule has 1 saturated heterocycles. The summed E-state index contributed by atoms with van der Waals surface area (Å²) >= 11 is 0. The minimum absolute atomic E-state index is 0.102. The molecule has 1 atom stereocenters. The Kier molecular flexibility index (Phi) is 4.80. The van der Waals surface area contributed by atoms with Crippen LogP contribution in [0.15, 0.2) is 24.3 Å². The van der Waals surface area contributed by atoms with Gasteiger partial charge in [0, 0.05) is 26.2 Å². The van der Waals surface area contributed by atoms with Crippen LogP contribution in [0.5, 0.6) is 5.75 Å². The second-order valence-corrected chi connectivity index (χ2v) is 4.91. The van der Waals surface area contributed by atoms with Gasteiger partial charge in [-0.25, -0.2) is 0 Å². The Bertz CT molecular complexity index is 428. The molecule has 1 aliphatic rings. The summed E-state index contributed by atoms with van der Waals surface area (Å²) in [5, 5.41) is 3.25. The van der Waals surface area contributed by atoms with Gasteiger partial charge in [0.2, 0.25) is 0 Å². The predicted molar refractivity (Wildman–Crippen MR) is 75.3 cm³/mol. The fourth-order valence-electron chi connectivity index (χ4n) is 2.25. The number of rotatable bonds is 4. The maximum atomic E-state index is 12.4. The molecule has 0 bridgehead atoms. The van der Waals surface area contributed by atoms with Crippen molar-refractivity contribution < 1.29 is 9.53 Å².